The Labute approximate surface area is 128 Å². The van der Waals surface area contributed by atoms with Crippen molar-refractivity contribution in [2.45, 2.75) is 18.1 Å². The van der Waals surface area contributed by atoms with E-state index in [0.717, 1.165) is 0 Å². The standard InChI is InChI=1S/C14H18FN3O3S/c15-11-1-3-12(4-2-11)17-14(19)18-7-5-10-9-16-22(20,21)13(10)6-8-18/h1-4,10,13,16H,5-9H2,(H,17,19)/t10-,13-/m1/s1. The number of likely N-dealkylation sites (tertiary alicyclic amines) is 1. The summed E-state index contributed by atoms with van der Waals surface area (Å²) in [4.78, 5) is 13.9. The summed E-state index contributed by atoms with van der Waals surface area (Å²) in [7, 11) is -3.23. The highest BCUT2D eigenvalue weighted by Gasteiger charge is 2.41. The number of sulfonamides is 1. The van der Waals surface area contributed by atoms with Crippen molar-refractivity contribution in [1.29, 1.82) is 0 Å². The largest absolute Gasteiger partial charge is 0.324 e. The monoisotopic (exact) mass is 327 g/mol. The van der Waals surface area contributed by atoms with Gasteiger partial charge in [0.15, 0.2) is 0 Å². The van der Waals surface area contributed by atoms with Crippen LogP contribution in [0.3, 0.4) is 0 Å². The molecule has 2 atom stereocenters. The zero-order valence-corrected chi connectivity index (χ0v) is 12.8. The maximum Gasteiger partial charge on any atom is 0.321 e. The van der Waals surface area contributed by atoms with E-state index in [1.54, 1.807) is 4.90 Å². The second kappa shape index (κ2) is 5.85. The Kier molecular flexibility index (Phi) is 4.05. The van der Waals surface area contributed by atoms with Gasteiger partial charge in [-0.3, -0.25) is 0 Å². The van der Waals surface area contributed by atoms with E-state index in [1.807, 2.05) is 0 Å². The summed E-state index contributed by atoms with van der Waals surface area (Å²) in [6, 6.07) is 5.26. The van der Waals surface area contributed by atoms with Crippen LogP contribution < -0.4 is 10.0 Å². The Balaban J connectivity index is 1.64. The van der Waals surface area contributed by atoms with E-state index < -0.39 is 15.3 Å². The molecule has 3 rings (SSSR count). The number of benzene rings is 1. The van der Waals surface area contributed by atoms with Crippen LogP contribution in [0.4, 0.5) is 14.9 Å². The van der Waals surface area contributed by atoms with Crippen LogP contribution in [0.5, 0.6) is 0 Å². The van der Waals surface area contributed by atoms with Gasteiger partial charge in [-0.2, -0.15) is 0 Å². The fraction of sp³-hybridized carbons (Fsp3) is 0.500. The lowest BCUT2D eigenvalue weighted by atomic mass is 10.0. The fourth-order valence-electron chi connectivity index (χ4n) is 3.05. The lowest BCUT2D eigenvalue weighted by molar-refractivity contribution is 0.213. The van der Waals surface area contributed by atoms with Crippen molar-refractivity contribution in [1.82, 2.24) is 9.62 Å². The molecule has 2 aliphatic rings. The van der Waals surface area contributed by atoms with Crippen LogP contribution in [0.1, 0.15) is 12.8 Å². The Morgan fingerprint density at radius 3 is 2.64 bits per heavy atom. The van der Waals surface area contributed by atoms with Gasteiger partial charge in [-0.1, -0.05) is 0 Å². The fourth-order valence-corrected chi connectivity index (χ4v) is 4.86. The van der Waals surface area contributed by atoms with Crippen molar-refractivity contribution in [2.75, 3.05) is 25.0 Å². The number of rotatable bonds is 1. The lowest BCUT2D eigenvalue weighted by Crippen LogP contribution is -2.36. The third-order valence-electron chi connectivity index (χ3n) is 4.31. The van der Waals surface area contributed by atoms with Crippen molar-refractivity contribution < 1.29 is 17.6 Å². The molecule has 8 heteroatoms. The van der Waals surface area contributed by atoms with Crippen molar-refractivity contribution >= 4 is 21.7 Å². The SMILES string of the molecule is O=C(Nc1ccc(F)cc1)N1CC[C@@H]2CNS(=O)(=O)[C@@H]2CC1. The van der Waals surface area contributed by atoms with Crippen LogP contribution in [0, 0.1) is 11.7 Å². The summed E-state index contributed by atoms with van der Waals surface area (Å²) in [6.45, 7) is 1.38. The minimum Gasteiger partial charge on any atom is -0.324 e. The highest BCUT2D eigenvalue weighted by molar-refractivity contribution is 7.90. The van der Waals surface area contributed by atoms with Gasteiger partial charge in [-0.25, -0.2) is 22.3 Å². The summed E-state index contributed by atoms with van der Waals surface area (Å²) in [5.41, 5.74) is 0.519. The van der Waals surface area contributed by atoms with Crippen molar-refractivity contribution in [3.8, 4) is 0 Å². The van der Waals surface area contributed by atoms with Crippen LogP contribution in [0.25, 0.3) is 0 Å². The van der Waals surface area contributed by atoms with Gasteiger partial charge in [-0.15, -0.1) is 0 Å². The maximum absolute atomic E-state index is 12.9. The van der Waals surface area contributed by atoms with E-state index in [1.165, 1.54) is 24.3 Å². The molecule has 2 aliphatic heterocycles. The molecule has 0 unspecified atom stereocenters. The average Bonchev–Trinajstić information content (AvgIpc) is 2.66. The number of halogens is 1. The summed E-state index contributed by atoms with van der Waals surface area (Å²) in [6.07, 6.45) is 1.10. The first kappa shape index (κ1) is 15.2. The summed E-state index contributed by atoms with van der Waals surface area (Å²) >= 11 is 0. The van der Waals surface area contributed by atoms with Crippen molar-refractivity contribution in [3.05, 3.63) is 30.1 Å². The number of hydrogen-bond donors (Lipinski definition) is 2. The maximum atomic E-state index is 12.9. The molecule has 0 bridgehead atoms. The van der Waals surface area contributed by atoms with E-state index in [2.05, 4.69) is 10.0 Å². The Morgan fingerprint density at radius 2 is 1.91 bits per heavy atom. The van der Waals surface area contributed by atoms with Crippen molar-refractivity contribution in [3.63, 3.8) is 0 Å². The van der Waals surface area contributed by atoms with Gasteiger partial charge in [0, 0.05) is 25.3 Å². The molecule has 6 nitrogen and oxygen atoms in total. The van der Waals surface area contributed by atoms with Gasteiger partial charge in [0.05, 0.1) is 5.25 Å². The molecule has 1 aromatic rings. The molecular weight excluding hydrogens is 309 g/mol. The Hall–Kier alpha value is -1.67. The van der Waals surface area contributed by atoms with Crippen molar-refractivity contribution in [2.24, 2.45) is 5.92 Å². The molecule has 0 spiro atoms. The average molecular weight is 327 g/mol. The summed E-state index contributed by atoms with van der Waals surface area (Å²) in [5.74, 6) is -0.299. The number of nitrogens with one attached hydrogen (secondary N) is 2. The van der Waals surface area contributed by atoms with E-state index >= 15 is 0 Å². The predicted molar refractivity (Wildman–Crippen MR) is 80.4 cm³/mol. The van der Waals surface area contributed by atoms with E-state index in [0.29, 0.717) is 38.2 Å². The van der Waals surface area contributed by atoms with E-state index in [9.17, 15) is 17.6 Å². The number of carbonyl (C=O) groups is 1. The molecule has 1 aromatic carbocycles. The molecule has 0 aromatic heterocycles. The second-order valence-corrected chi connectivity index (χ2v) is 7.68. The third kappa shape index (κ3) is 3.07. The highest BCUT2D eigenvalue weighted by atomic mass is 32.2. The predicted octanol–water partition coefficient (Wildman–Crippen LogP) is 1.37. The number of amides is 2. The number of nitrogens with zero attached hydrogens (tertiary/aromatic N) is 1. The Bertz CT molecular complexity index is 662. The van der Waals surface area contributed by atoms with E-state index in [4.69, 9.17) is 0 Å². The smallest absolute Gasteiger partial charge is 0.321 e. The van der Waals surface area contributed by atoms with Gasteiger partial charge in [-0.05, 0) is 43.0 Å². The molecule has 2 saturated heterocycles. The number of hydrogen-bond acceptors (Lipinski definition) is 3. The molecule has 2 amide bonds. The Morgan fingerprint density at radius 1 is 1.23 bits per heavy atom. The number of anilines is 1. The first-order valence-electron chi connectivity index (χ1n) is 7.26. The zero-order valence-electron chi connectivity index (χ0n) is 12.0. The minimum absolute atomic E-state index is 0.0635. The zero-order chi connectivity index (χ0) is 15.7. The first-order valence-corrected chi connectivity index (χ1v) is 8.80. The minimum atomic E-state index is -3.23. The molecule has 120 valence electrons. The van der Waals surface area contributed by atoms with Gasteiger partial charge in [0.25, 0.3) is 0 Å². The molecule has 0 aliphatic carbocycles. The van der Waals surface area contributed by atoms with Crippen LogP contribution in [-0.4, -0.2) is 44.2 Å². The number of carbonyl (C=O) groups excluding carboxylic acids is 1. The highest BCUT2D eigenvalue weighted by Crippen LogP contribution is 2.28. The van der Waals surface area contributed by atoms with Crippen LogP contribution in [0.15, 0.2) is 24.3 Å². The van der Waals surface area contributed by atoms with E-state index in [-0.39, 0.29) is 17.8 Å². The molecule has 2 fully saturated rings. The lowest BCUT2D eigenvalue weighted by Gasteiger charge is -2.21. The van der Waals surface area contributed by atoms with Gasteiger partial charge < -0.3 is 10.2 Å². The van der Waals surface area contributed by atoms with Crippen LogP contribution in [-0.2, 0) is 10.0 Å². The molecule has 2 heterocycles. The number of urea groups is 1. The summed E-state index contributed by atoms with van der Waals surface area (Å²) < 4.78 is 39.2. The van der Waals surface area contributed by atoms with Crippen LogP contribution in [0.2, 0.25) is 0 Å². The van der Waals surface area contributed by atoms with Crippen LogP contribution >= 0.6 is 0 Å². The second-order valence-electron chi connectivity index (χ2n) is 5.69. The molecule has 0 radical (unpaired) electrons. The number of fused-ring (bicyclic) bond motifs is 1. The first-order chi connectivity index (χ1) is 10.5. The molecular formula is C14H18FN3O3S. The topological polar surface area (TPSA) is 78.5 Å². The molecule has 22 heavy (non-hydrogen) atoms. The normalized spacial score (nSPS) is 27.0. The molecule has 0 saturated carbocycles. The van der Waals surface area contributed by atoms with Gasteiger partial charge in [0.1, 0.15) is 5.82 Å². The third-order valence-corrected chi connectivity index (χ3v) is 6.29. The summed E-state index contributed by atoms with van der Waals surface area (Å²) in [5, 5.41) is 2.30. The molecule has 2 N–H and O–H groups in total. The quantitative estimate of drug-likeness (QED) is 0.818. The van der Waals surface area contributed by atoms with Gasteiger partial charge in [0.2, 0.25) is 10.0 Å². The van der Waals surface area contributed by atoms with Gasteiger partial charge >= 0.3 is 6.03 Å².